The predicted molar refractivity (Wildman–Crippen MR) is 56.6 cm³/mol. The minimum atomic E-state index is -3.75. The molecule has 7 nitrogen and oxygen atoms in total. The van der Waals surface area contributed by atoms with E-state index < -0.39 is 26.5 Å². The third-order valence-electron chi connectivity index (χ3n) is 2.02. The Kier molecular flexibility index (Phi) is 4.29. The first kappa shape index (κ1) is 13.8. The Hall–Kier alpha value is -0.220. The van der Waals surface area contributed by atoms with Crippen molar-refractivity contribution in [2.45, 2.75) is 12.7 Å². The van der Waals surface area contributed by atoms with Crippen LogP contribution in [0.2, 0.25) is 0 Å². The fourth-order valence-electron chi connectivity index (χ4n) is 1.43. The molecule has 0 aromatic heterocycles. The highest BCUT2D eigenvalue weighted by molar-refractivity contribution is 7.86. The second-order valence-electron chi connectivity index (χ2n) is 3.72. The lowest BCUT2D eigenvalue weighted by Gasteiger charge is -2.20. The van der Waals surface area contributed by atoms with Crippen LogP contribution < -0.4 is 5.32 Å². The maximum Gasteiger partial charge on any atom is 0.266 e. The summed E-state index contributed by atoms with van der Waals surface area (Å²) in [6.07, 6.45) is 1.04. The van der Waals surface area contributed by atoms with Crippen LogP contribution in [-0.2, 0) is 28.6 Å². The molecule has 16 heavy (non-hydrogen) atoms. The fraction of sp³-hybridized carbons (Fsp3) is 1.00. The molecule has 0 bridgehead atoms. The van der Waals surface area contributed by atoms with Gasteiger partial charge < -0.3 is 5.32 Å². The molecule has 0 spiro atoms. The van der Waals surface area contributed by atoms with Gasteiger partial charge in [-0.15, -0.1) is 0 Å². The minimum absolute atomic E-state index is 0.288. The first-order valence-corrected chi connectivity index (χ1v) is 8.28. The smallest absolute Gasteiger partial charge is 0.266 e. The summed E-state index contributed by atoms with van der Waals surface area (Å²) in [5.41, 5.74) is 0. The Bertz CT molecular complexity index is 388. The largest absolute Gasteiger partial charge is 0.316 e. The molecule has 1 unspecified atom stereocenters. The van der Waals surface area contributed by atoms with E-state index >= 15 is 0 Å². The van der Waals surface area contributed by atoms with Crippen LogP contribution in [0.25, 0.3) is 0 Å². The molecule has 0 aromatic rings. The standard InChI is InChI=1S/C7H15NO6S2/c1-15(9,10)13-7(14-16(2,11)12)6-3-4-8-5-6/h6-8H,3-5H2,1-2H3. The molecule has 1 fully saturated rings. The zero-order valence-electron chi connectivity index (χ0n) is 9.04. The highest BCUT2D eigenvalue weighted by atomic mass is 32.2. The molecular weight excluding hydrogens is 258 g/mol. The van der Waals surface area contributed by atoms with Gasteiger partial charge in [0.15, 0.2) is 6.29 Å². The normalized spacial score (nSPS) is 22.8. The molecule has 1 N–H and O–H groups in total. The molecule has 1 saturated heterocycles. The van der Waals surface area contributed by atoms with Crippen LogP contribution in [0.1, 0.15) is 6.42 Å². The second kappa shape index (κ2) is 4.96. The average Bonchev–Trinajstić information content (AvgIpc) is 2.47. The predicted octanol–water partition coefficient (Wildman–Crippen LogP) is -1.13. The van der Waals surface area contributed by atoms with Crippen LogP contribution in [0.15, 0.2) is 0 Å². The molecule has 1 atom stereocenters. The quantitative estimate of drug-likeness (QED) is 0.500. The fourth-order valence-corrected chi connectivity index (χ4v) is 2.56. The first-order chi connectivity index (χ1) is 7.17. The lowest BCUT2D eigenvalue weighted by molar-refractivity contribution is -0.0232. The van der Waals surface area contributed by atoms with Gasteiger partial charge in [0, 0.05) is 12.5 Å². The molecular formula is C7H15NO6S2. The monoisotopic (exact) mass is 273 g/mol. The topological polar surface area (TPSA) is 98.8 Å². The Morgan fingerprint density at radius 3 is 1.94 bits per heavy atom. The minimum Gasteiger partial charge on any atom is -0.316 e. The van der Waals surface area contributed by atoms with Crippen molar-refractivity contribution >= 4 is 20.2 Å². The van der Waals surface area contributed by atoms with Crippen LogP contribution >= 0.6 is 0 Å². The van der Waals surface area contributed by atoms with Gasteiger partial charge in [0.05, 0.1) is 12.5 Å². The number of hydrogen-bond acceptors (Lipinski definition) is 7. The molecule has 0 amide bonds. The molecule has 0 saturated carbocycles. The molecule has 1 rings (SSSR count). The van der Waals surface area contributed by atoms with E-state index in [1.165, 1.54) is 0 Å². The molecule has 1 aliphatic rings. The van der Waals surface area contributed by atoms with E-state index in [1.54, 1.807) is 0 Å². The summed E-state index contributed by atoms with van der Waals surface area (Å²) in [6, 6.07) is 0. The number of nitrogens with one attached hydrogen (secondary N) is 1. The van der Waals surface area contributed by atoms with Crippen LogP contribution in [0.5, 0.6) is 0 Å². The zero-order chi connectivity index (χ0) is 12.4. The molecule has 1 aliphatic heterocycles. The number of rotatable bonds is 5. The Balaban J connectivity index is 2.76. The molecule has 9 heteroatoms. The first-order valence-electron chi connectivity index (χ1n) is 4.64. The van der Waals surface area contributed by atoms with E-state index in [-0.39, 0.29) is 5.92 Å². The van der Waals surface area contributed by atoms with E-state index in [4.69, 9.17) is 0 Å². The Labute approximate surface area is 95.4 Å². The lowest BCUT2D eigenvalue weighted by atomic mass is 10.1. The van der Waals surface area contributed by atoms with Crippen LogP contribution in [-0.4, -0.2) is 48.7 Å². The van der Waals surface area contributed by atoms with E-state index in [2.05, 4.69) is 13.7 Å². The third kappa shape index (κ3) is 5.21. The van der Waals surface area contributed by atoms with Crippen molar-refractivity contribution in [1.29, 1.82) is 0 Å². The van der Waals surface area contributed by atoms with Gasteiger partial charge in [-0.2, -0.15) is 16.8 Å². The summed E-state index contributed by atoms with van der Waals surface area (Å²) < 4.78 is 53.1. The Morgan fingerprint density at radius 1 is 1.12 bits per heavy atom. The van der Waals surface area contributed by atoms with Crippen LogP contribution in [0.4, 0.5) is 0 Å². The van der Waals surface area contributed by atoms with Gasteiger partial charge in [-0.3, -0.25) is 0 Å². The average molecular weight is 273 g/mol. The molecule has 1 heterocycles. The summed E-state index contributed by atoms with van der Waals surface area (Å²) >= 11 is 0. The zero-order valence-corrected chi connectivity index (χ0v) is 10.7. The maximum atomic E-state index is 11.0. The van der Waals surface area contributed by atoms with Gasteiger partial charge in [0.2, 0.25) is 0 Å². The summed E-state index contributed by atoms with van der Waals surface area (Å²) in [6.45, 7) is 1.15. The van der Waals surface area contributed by atoms with Gasteiger partial charge >= 0.3 is 0 Å². The van der Waals surface area contributed by atoms with Crippen molar-refractivity contribution in [3.63, 3.8) is 0 Å². The highest BCUT2D eigenvalue weighted by Crippen LogP contribution is 2.20. The summed E-state index contributed by atoms with van der Waals surface area (Å²) in [7, 11) is -7.50. The SMILES string of the molecule is CS(=O)(=O)OC(OS(C)(=O)=O)C1CCNC1. The van der Waals surface area contributed by atoms with Gasteiger partial charge in [-0.05, 0) is 13.0 Å². The van der Waals surface area contributed by atoms with Crippen molar-refractivity contribution < 1.29 is 25.2 Å². The van der Waals surface area contributed by atoms with Crippen LogP contribution in [0.3, 0.4) is 0 Å². The van der Waals surface area contributed by atoms with Gasteiger partial charge in [-0.25, -0.2) is 8.37 Å². The lowest BCUT2D eigenvalue weighted by Crippen LogP contribution is -2.32. The van der Waals surface area contributed by atoms with Crippen molar-refractivity contribution in [3.05, 3.63) is 0 Å². The van der Waals surface area contributed by atoms with Crippen molar-refractivity contribution in [3.8, 4) is 0 Å². The molecule has 0 aromatic carbocycles. The van der Waals surface area contributed by atoms with Crippen molar-refractivity contribution in [1.82, 2.24) is 5.32 Å². The second-order valence-corrected chi connectivity index (χ2v) is 6.92. The van der Waals surface area contributed by atoms with E-state index in [1.807, 2.05) is 0 Å². The van der Waals surface area contributed by atoms with E-state index in [0.29, 0.717) is 19.5 Å². The maximum absolute atomic E-state index is 11.0. The highest BCUT2D eigenvalue weighted by Gasteiger charge is 2.32. The Morgan fingerprint density at radius 2 is 1.62 bits per heavy atom. The van der Waals surface area contributed by atoms with Crippen molar-refractivity contribution in [2.75, 3.05) is 25.6 Å². The third-order valence-corrected chi connectivity index (χ3v) is 3.10. The summed E-state index contributed by atoms with van der Waals surface area (Å²) in [4.78, 5) is 0. The van der Waals surface area contributed by atoms with Gasteiger partial charge in [-0.1, -0.05) is 0 Å². The van der Waals surface area contributed by atoms with Gasteiger partial charge in [0.1, 0.15) is 0 Å². The molecule has 0 aliphatic carbocycles. The van der Waals surface area contributed by atoms with Crippen LogP contribution in [0, 0.1) is 5.92 Å². The van der Waals surface area contributed by atoms with E-state index in [9.17, 15) is 16.8 Å². The molecule has 96 valence electrons. The summed E-state index contributed by atoms with van der Waals surface area (Å²) in [5, 5.41) is 2.97. The van der Waals surface area contributed by atoms with E-state index in [0.717, 1.165) is 12.5 Å². The van der Waals surface area contributed by atoms with Crippen molar-refractivity contribution in [2.24, 2.45) is 5.92 Å². The number of hydrogen-bond donors (Lipinski definition) is 1. The summed E-state index contributed by atoms with van der Waals surface area (Å²) in [5.74, 6) is -0.288. The van der Waals surface area contributed by atoms with Gasteiger partial charge in [0.25, 0.3) is 20.2 Å². The molecule has 0 radical (unpaired) electrons.